The number of allylic oxidation sites excluding steroid dienone is 1. The Kier molecular flexibility index (Phi) is 5.79. The Labute approximate surface area is 163 Å². The first-order valence-corrected chi connectivity index (χ1v) is 8.73. The van der Waals surface area contributed by atoms with Crippen molar-refractivity contribution in [2.24, 2.45) is 0 Å². The van der Waals surface area contributed by atoms with Gasteiger partial charge in [0.05, 0.1) is 6.61 Å². The van der Waals surface area contributed by atoms with Crippen LogP contribution in [0.5, 0.6) is 11.5 Å². The van der Waals surface area contributed by atoms with Gasteiger partial charge in [-0.2, -0.15) is 5.26 Å². The first-order valence-electron chi connectivity index (χ1n) is 8.73. The molecular formula is C23H18N2O3. The number of para-hydroxylation sites is 1. The second-order valence-corrected chi connectivity index (χ2v) is 5.88. The van der Waals surface area contributed by atoms with Crippen LogP contribution in [0.2, 0.25) is 0 Å². The first-order chi connectivity index (χ1) is 13.7. The number of fused-ring (bicyclic) bond motifs is 1. The molecule has 1 N–H and O–H groups in total. The van der Waals surface area contributed by atoms with Crippen LogP contribution in [0.25, 0.3) is 17.0 Å². The highest BCUT2D eigenvalue weighted by Crippen LogP contribution is 2.30. The topological polar surface area (TPSA) is 75.1 Å². The van der Waals surface area contributed by atoms with Crippen LogP contribution in [-0.4, -0.2) is 24.0 Å². The van der Waals surface area contributed by atoms with Crippen LogP contribution in [0.3, 0.4) is 0 Å². The molecule has 1 aromatic heterocycles. The van der Waals surface area contributed by atoms with Crippen molar-refractivity contribution in [3.8, 4) is 29.9 Å². The van der Waals surface area contributed by atoms with Gasteiger partial charge < -0.3 is 14.5 Å². The van der Waals surface area contributed by atoms with Crippen molar-refractivity contribution in [2.75, 3.05) is 13.2 Å². The number of ketones is 1. The molecule has 0 atom stereocenters. The Morgan fingerprint density at radius 2 is 2.04 bits per heavy atom. The van der Waals surface area contributed by atoms with E-state index in [-0.39, 0.29) is 18.0 Å². The van der Waals surface area contributed by atoms with Crippen molar-refractivity contribution >= 4 is 22.8 Å². The number of benzene rings is 2. The van der Waals surface area contributed by atoms with Crippen molar-refractivity contribution in [3.63, 3.8) is 0 Å². The van der Waals surface area contributed by atoms with Crippen molar-refractivity contribution in [2.45, 2.75) is 6.92 Å². The average molecular weight is 370 g/mol. The van der Waals surface area contributed by atoms with Crippen LogP contribution < -0.4 is 9.47 Å². The number of carbonyl (C=O) groups excluding carboxylic acids is 1. The molecule has 0 unspecified atom stereocenters. The summed E-state index contributed by atoms with van der Waals surface area (Å²) in [4.78, 5) is 15.9. The number of carbonyl (C=O) groups is 1. The van der Waals surface area contributed by atoms with E-state index in [1.807, 2.05) is 37.3 Å². The maximum absolute atomic E-state index is 12.9. The quantitative estimate of drug-likeness (QED) is 0.290. The van der Waals surface area contributed by atoms with Crippen LogP contribution in [0.1, 0.15) is 22.8 Å². The molecular weight excluding hydrogens is 352 g/mol. The predicted octanol–water partition coefficient (Wildman–Crippen LogP) is 4.37. The average Bonchev–Trinajstić information content (AvgIpc) is 3.15. The normalized spacial score (nSPS) is 10.9. The maximum atomic E-state index is 12.9. The number of terminal acetylenes is 1. The van der Waals surface area contributed by atoms with Gasteiger partial charge in [-0.15, -0.1) is 6.42 Å². The highest BCUT2D eigenvalue weighted by atomic mass is 16.5. The molecule has 3 rings (SSSR count). The van der Waals surface area contributed by atoms with Gasteiger partial charge in [0.1, 0.15) is 18.2 Å². The predicted molar refractivity (Wildman–Crippen MR) is 108 cm³/mol. The summed E-state index contributed by atoms with van der Waals surface area (Å²) in [5.41, 5.74) is 1.99. The Balaban J connectivity index is 1.96. The molecule has 138 valence electrons. The third kappa shape index (κ3) is 3.90. The summed E-state index contributed by atoms with van der Waals surface area (Å²) in [7, 11) is 0. The Morgan fingerprint density at radius 3 is 2.79 bits per heavy atom. The van der Waals surface area contributed by atoms with E-state index in [0.717, 1.165) is 10.9 Å². The molecule has 0 aliphatic carbocycles. The van der Waals surface area contributed by atoms with Gasteiger partial charge in [-0.3, -0.25) is 4.79 Å². The van der Waals surface area contributed by atoms with Crippen molar-refractivity contribution < 1.29 is 14.3 Å². The van der Waals surface area contributed by atoms with Gasteiger partial charge in [-0.25, -0.2) is 0 Å². The molecule has 5 heteroatoms. The van der Waals surface area contributed by atoms with Gasteiger partial charge in [0.25, 0.3) is 0 Å². The fourth-order valence-corrected chi connectivity index (χ4v) is 2.84. The van der Waals surface area contributed by atoms with Crippen LogP contribution in [0.4, 0.5) is 0 Å². The Bertz CT molecular complexity index is 1130. The summed E-state index contributed by atoms with van der Waals surface area (Å²) in [5.74, 6) is 3.08. The number of hydrogen-bond acceptors (Lipinski definition) is 4. The molecule has 5 nitrogen and oxygen atoms in total. The van der Waals surface area contributed by atoms with Gasteiger partial charge >= 0.3 is 0 Å². The highest BCUT2D eigenvalue weighted by molar-refractivity contribution is 6.19. The Morgan fingerprint density at radius 1 is 1.21 bits per heavy atom. The van der Waals surface area contributed by atoms with Crippen molar-refractivity contribution in [1.29, 1.82) is 5.26 Å². The van der Waals surface area contributed by atoms with Gasteiger partial charge in [0, 0.05) is 22.7 Å². The summed E-state index contributed by atoms with van der Waals surface area (Å²) in [5, 5.41) is 10.3. The minimum atomic E-state index is -0.342. The molecule has 0 radical (unpaired) electrons. The largest absolute Gasteiger partial charge is 0.490 e. The fourth-order valence-electron chi connectivity index (χ4n) is 2.84. The number of ether oxygens (including phenoxy) is 2. The van der Waals surface area contributed by atoms with E-state index in [4.69, 9.17) is 15.9 Å². The second kappa shape index (κ2) is 8.62. The lowest BCUT2D eigenvalue weighted by molar-refractivity contribution is 0.104. The van der Waals surface area contributed by atoms with Crippen LogP contribution in [-0.2, 0) is 0 Å². The van der Waals surface area contributed by atoms with E-state index in [9.17, 15) is 10.1 Å². The number of rotatable bonds is 7. The molecule has 28 heavy (non-hydrogen) atoms. The SMILES string of the molecule is C#CCOc1ccc(/C=C(\C#N)C(=O)c2c[nH]c3ccccc23)cc1OCC. The number of hydrogen-bond donors (Lipinski definition) is 1. The maximum Gasteiger partial charge on any atom is 0.205 e. The lowest BCUT2D eigenvalue weighted by Gasteiger charge is -2.11. The van der Waals surface area contributed by atoms with Crippen LogP contribution in [0.15, 0.2) is 54.2 Å². The van der Waals surface area contributed by atoms with Crippen molar-refractivity contribution in [3.05, 3.63) is 65.4 Å². The van der Waals surface area contributed by atoms with Crippen molar-refractivity contribution in [1.82, 2.24) is 4.98 Å². The molecule has 3 aromatic rings. The fraction of sp³-hybridized carbons (Fsp3) is 0.130. The van der Waals surface area contributed by atoms with E-state index >= 15 is 0 Å². The van der Waals surface area contributed by atoms with Gasteiger partial charge in [-0.1, -0.05) is 30.2 Å². The first kappa shape index (κ1) is 18.8. The molecule has 0 spiro atoms. The zero-order valence-corrected chi connectivity index (χ0v) is 15.4. The monoisotopic (exact) mass is 370 g/mol. The number of Topliss-reactive ketones (excluding diaryl/α,β-unsaturated/α-hetero) is 1. The summed E-state index contributed by atoms with van der Waals surface area (Å²) >= 11 is 0. The lowest BCUT2D eigenvalue weighted by Crippen LogP contribution is -2.02. The van der Waals surface area contributed by atoms with E-state index in [0.29, 0.717) is 29.2 Å². The van der Waals surface area contributed by atoms with E-state index in [1.54, 1.807) is 24.4 Å². The van der Waals surface area contributed by atoms with Crippen LogP contribution >= 0.6 is 0 Å². The van der Waals surface area contributed by atoms with E-state index < -0.39 is 0 Å². The molecule has 0 amide bonds. The van der Waals surface area contributed by atoms with E-state index in [1.165, 1.54) is 6.08 Å². The second-order valence-electron chi connectivity index (χ2n) is 5.88. The summed E-state index contributed by atoms with van der Waals surface area (Å²) < 4.78 is 11.0. The van der Waals surface area contributed by atoms with E-state index in [2.05, 4.69) is 10.9 Å². The zero-order valence-electron chi connectivity index (χ0n) is 15.4. The molecule has 0 aliphatic heterocycles. The smallest absolute Gasteiger partial charge is 0.205 e. The number of nitrogens with zero attached hydrogens (tertiary/aromatic N) is 1. The number of H-pyrrole nitrogens is 1. The molecule has 0 saturated carbocycles. The number of aromatic nitrogens is 1. The summed E-state index contributed by atoms with van der Waals surface area (Å²) in [6.45, 7) is 2.42. The Hall–Kier alpha value is -3.96. The molecule has 2 aromatic carbocycles. The third-order valence-electron chi connectivity index (χ3n) is 4.09. The molecule has 0 fully saturated rings. The number of nitriles is 1. The number of nitrogens with one attached hydrogen (secondary N) is 1. The summed E-state index contributed by atoms with van der Waals surface area (Å²) in [6, 6.07) is 14.6. The minimum absolute atomic E-state index is 0.0319. The molecule has 0 aliphatic rings. The number of aromatic amines is 1. The van der Waals surface area contributed by atoms with Gasteiger partial charge in [0.2, 0.25) is 5.78 Å². The molecule has 0 bridgehead atoms. The molecule has 1 heterocycles. The van der Waals surface area contributed by atoms with Gasteiger partial charge in [-0.05, 0) is 36.8 Å². The standard InChI is InChI=1S/C23H18N2O3/c1-3-11-28-21-10-9-16(13-22(21)27-4-2)12-17(14-24)23(26)19-15-25-20-8-6-5-7-18(19)20/h1,5-10,12-13,15,25H,4,11H2,2H3/b17-12+. The van der Waals surface area contributed by atoms with Gasteiger partial charge in [0.15, 0.2) is 11.5 Å². The summed E-state index contributed by atoms with van der Waals surface area (Å²) in [6.07, 6.45) is 8.40. The minimum Gasteiger partial charge on any atom is -0.490 e. The zero-order chi connectivity index (χ0) is 19.9. The highest BCUT2D eigenvalue weighted by Gasteiger charge is 2.17. The van der Waals surface area contributed by atoms with Crippen LogP contribution in [0, 0.1) is 23.7 Å². The lowest BCUT2D eigenvalue weighted by atomic mass is 10.0. The third-order valence-corrected chi connectivity index (χ3v) is 4.09. The molecule has 0 saturated heterocycles.